The van der Waals surface area contributed by atoms with Crippen molar-refractivity contribution in [2.45, 2.75) is 39.5 Å². The van der Waals surface area contributed by atoms with Crippen LogP contribution >= 0.6 is 11.6 Å². The van der Waals surface area contributed by atoms with Crippen LogP contribution in [0.2, 0.25) is 5.15 Å². The first-order valence-electron chi connectivity index (χ1n) is 6.74. The molecule has 0 atom stereocenters. The Kier molecular flexibility index (Phi) is 6.64. The van der Waals surface area contributed by atoms with Crippen molar-refractivity contribution >= 4 is 23.4 Å². The molecular weight excluding hydrogens is 264 g/mol. The highest BCUT2D eigenvalue weighted by Gasteiger charge is 2.17. The van der Waals surface area contributed by atoms with Crippen LogP contribution in [0.4, 0.5) is 5.82 Å². The number of carbonyl (C=O) groups is 1. The smallest absolute Gasteiger partial charge is 0.339 e. The molecule has 1 N–H and O–H groups in total. The van der Waals surface area contributed by atoms with Gasteiger partial charge in [-0.3, -0.25) is 0 Å². The van der Waals surface area contributed by atoms with Gasteiger partial charge < -0.3 is 10.0 Å². The SMILES string of the molecule is CCCCN(CCCC)c1nc(Cl)ccc1C(=O)O. The van der Waals surface area contributed by atoms with E-state index in [9.17, 15) is 9.90 Å². The number of hydrogen-bond donors (Lipinski definition) is 1. The van der Waals surface area contributed by atoms with Crippen LogP contribution in [0, 0.1) is 0 Å². The molecule has 5 heteroatoms. The van der Waals surface area contributed by atoms with E-state index in [2.05, 4.69) is 18.8 Å². The van der Waals surface area contributed by atoms with Crippen LogP contribution < -0.4 is 4.90 Å². The first-order valence-corrected chi connectivity index (χ1v) is 7.12. The molecule has 4 nitrogen and oxygen atoms in total. The van der Waals surface area contributed by atoms with Crippen LogP contribution in [0.5, 0.6) is 0 Å². The molecule has 1 aromatic rings. The third-order valence-electron chi connectivity index (χ3n) is 2.93. The van der Waals surface area contributed by atoms with Crippen molar-refractivity contribution in [2.75, 3.05) is 18.0 Å². The number of carboxylic acids is 1. The number of carboxylic acid groups (broad SMARTS) is 1. The number of hydrogen-bond acceptors (Lipinski definition) is 3. The summed E-state index contributed by atoms with van der Waals surface area (Å²) in [5, 5.41) is 9.58. The molecule has 1 aromatic heterocycles. The second kappa shape index (κ2) is 8.00. The van der Waals surface area contributed by atoms with Gasteiger partial charge in [0.1, 0.15) is 16.5 Å². The normalized spacial score (nSPS) is 10.5. The number of anilines is 1. The van der Waals surface area contributed by atoms with E-state index in [4.69, 9.17) is 11.6 Å². The fourth-order valence-corrected chi connectivity index (χ4v) is 2.00. The summed E-state index contributed by atoms with van der Waals surface area (Å²) < 4.78 is 0. The molecule has 0 spiro atoms. The highest BCUT2D eigenvalue weighted by Crippen LogP contribution is 2.22. The van der Waals surface area contributed by atoms with E-state index in [-0.39, 0.29) is 5.56 Å². The molecule has 0 saturated heterocycles. The summed E-state index contributed by atoms with van der Waals surface area (Å²) in [6.45, 7) is 5.84. The average molecular weight is 285 g/mol. The summed E-state index contributed by atoms with van der Waals surface area (Å²) in [5.41, 5.74) is 0.219. The molecule has 0 aliphatic heterocycles. The van der Waals surface area contributed by atoms with Crippen LogP contribution in [0.25, 0.3) is 0 Å². The minimum atomic E-state index is -0.961. The second-order valence-electron chi connectivity index (χ2n) is 4.50. The molecule has 106 valence electrons. The van der Waals surface area contributed by atoms with Gasteiger partial charge in [-0.15, -0.1) is 0 Å². The Hall–Kier alpha value is -1.29. The molecule has 19 heavy (non-hydrogen) atoms. The summed E-state index contributed by atoms with van der Waals surface area (Å²) in [7, 11) is 0. The van der Waals surface area contributed by atoms with Crippen molar-refractivity contribution in [3.63, 3.8) is 0 Å². The van der Waals surface area contributed by atoms with Gasteiger partial charge in [-0.1, -0.05) is 38.3 Å². The molecular formula is C14H21ClN2O2. The lowest BCUT2D eigenvalue weighted by molar-refractivity contribution is 0.0697. The Morgan fingerprint density at radius 3 is 2.32 bits per heavy atom. The van der Waals surface area contributed by atoms with Crippen molar-refractivity contribution in [1.29, 1.82) is 0 Å². The average Bonchev–Trinajstić information content (AvgIpc) is 2.38. The fraction of sp³-hybridized carbons (Fsp3) is 0.571. The maximum absolute atomic E-state index is 11.3. The molecule has 1 heterocycles. The Morgan fingerprint density at radius 1 is 1.26 bits per heavy atom. The number of rotatable bonds is 8. The highest BCUT2D eigenvalue weighted by atomic mass is 35.5. The maximum Gasteiger partial charge on any atom is 0.339 e. The molecule has 0 unspecified atom stereocenters. The van der Waals surface area contributed by atoms with Gasteiger partial charge in [-0.05, 0) is 25.0 Å². The van der Waals surface area contributed by atoms with Gasteiger partial charge in [-0.2, -0.15) is 0 Å². The fourth-order valence-electron chi connectivity index (χ4n) is 1.85. The van der Waals surface area contributed by atoms with E-state index < -0.39 is 5.97 Å². The van der Waals surface area contributed by atoms with E-state index >= 15 is 0 Å². The van der Waals surface area contributed by atoms with E-state index in [0.717, 1.165) is 38.8 Å². The van der Waals surface area contributed by atoms with Gasteiger partial charge in [0, 0.05) is 13.1 Å². The molecule has 0 amide bonds. The van der Waals surface area contributed by atoms with Crippen LogP contribution in [0.1, 0.15) is 49.9 Å². The molecule has 0 aliphatic rings. The summed E-state index contributed by atoms with van der Waals surface area (Å²) in [5.74, 6) is -0.473. The minimum absolute atomic E-state index is 0.219. The van der Waals surface area contributed by atoms with Crippen LogP contribution in [-0.2, 0) is 0 Å². The molecule has 0 fully saturated rings. The Bertz CT molecular complexity index is 416. The number of halogens is 1. The number of nitrogens with zero attached hydrogens (tertiary/aromatic N) is 2. The number of aromatic nitrogens is 1. The second-order valence-corrected chi connectivity index (χ2v) is 4.89. The molecule has 0 aliphatic carbocycles. The first kappa shape index (κ1) is 15.8. The van der Waals surface area contributed by atoms with Crippen molar-refractivity contribution in [3.8, 4) is 0 Å². The first-order chi connectivity index (χ1) is 9.10. The van der Waals surface area contributed by atoms with E-state index in [1.54, 1.807) is 0 Å². The van der Waals surface area contributed by atoms with Gasteiger partial charge in [0.15, 0.2) is 0 Å². The topological polar surface area (TPSA) is 53.4 Å². The lowest BCUT2D eigenvalue weighted by Gasteiger charge is -2.25. The van der Waals surface area contributed by atoms with Crippen molar-refractivity contribution in [2.24, 2.45) is 0 Å². The van der Waals surface area contributed by atoms with Gasteiger partial charge in [0.05, 0.1) is 0 Å². The summed E-state index contributed by atoms with van der Waals surface area (Å²) >= 11 is 5.90. The van der Waals surface area contributed by atoms with Crippen molar-refractivity contribution in [1.82, 2.24) is 4.98 Å². The highest BCUT2D eigenvalue weighted by molar-refractivity contribution is 6.29. The van der Waals surface area contributed by atoms with Crippen molar-refractivity contribution < 1.29 is 9.90 Å². The summed E-state index contributed by atoms with van der Waals surface area (Å²) in [6.07, 6.45) is 4.14. The number of pyridine rings is 1. The largest absolute Gasteiger partial charge is 0.478 e. The van der Waals surface area contributed by atoms with Crippen LogP contribution in [-0.4, -0.2) is 29.1 Å². The quantitative estimate of drug-likeness (QED) is 0.737. The molecule has 0 bridgehead atoms. The van der Waals surface area contributed by atoms with E-state index in [1.165, 1.54) is 12.1 Å². The van der Waals surface area contributed by atoms with E-state index in [1.807, 2.05) is 4.90 Å². The third kappa shape index (κ3) is 4.71. The standard InChI is InChI=1S/C14H21ClN2O2/c1-3-5-9-17(10-6-4-2)13-11(14(18)19)7-8-12(15)16-13/h7-8H,3-6,9-10H2,1-2H3,(H,18,19). The Morgan fingerprint density at radius 2 is 1.84 bits per heavy atom. The predicted molar refractivity (Wildman–Crippen MR) is 78.2 cm³/mol. The van der Waals surface area contributed by atoms with Crippen LogP contribution in [0.3, 0.4) is 0 Å². The molecule has 1 rings (SSSR count). The van der Waals surface area contributed by atoms with Gasteiger partial charge in [-0.25, -0.2) is 9.78 Å². The minimum Gasteiger partial charge on any atom is -0.478 e. The monoisotopic (exact) mass is 284 g/mol. The third-order valence-corrected chi connectivity index (χ3v) is 3.14. The molecule has 0 aromatic carbocycles. The van der Waals surface area contributed by atoms with E-state index in [0.29, 0.717) is 11.0 Å². The zero-order valence-electron chi connectivity index (χ0n) is 11.5. The zero-order valence-corrected chi connectivity index (χ0v) is 12.3. The Labute approximate surface area is 119 Å². The lowest BCUT2D eigenvalue weighted by Crippen LogP contribution is -2.28. The number of unbranched alkanes of at least 4 members (excludes halogenated alkanes) is 2. The number of aromatic carboxylic acids is 1. The van der Waals surface area contributed by atoms with Gasteiger partial charge >= 0.3 is 5.97 Å². The zero-order chi connectivity index (χ0) is 14.3. The van der Waals surface area contributed by atoms with Gasteiger partial charge in [0.2, 0.25) is 0 Å². The van der Waals surface area contributed by atoms with Gasteiger partial charge in [0.25, 0.3) is 0 Å². The maximum atomic E-state index is 11.3. The lowest BCUT2D eigenvalue weighted by atomic mass is 10.2. The summed E-state index contributed by atoms with van der Waals surface area (Å²) in [4.78, 5) is 17.5. The Balaban J connectivity index is 3.03. The summed E-state index contributed by atoms with van der Waals surface area (Å²) in [6, 6.07) is 3.05. The predicted octanol–water partition coefficient (Wildman–Crippen LogP) is 3.84. The molecule has 0 radical (unpaired) electrons. The van der Waals surface area contributed by atoms with Crippen LogP contribution in [0.15, 0.2) is 12.1 Å². The van der Waals surface area contributed by atoms with Crippen molar-refractivity contribution in [3.05, 3.63) is 22.8 Å². The molecule has 0 saturated carbocycles.